The van der Waals surface area contributed by atoms with E-state index in [1.807, 2.05) is 6.92 Å². The summed E-state index contributed by atoms with van der Waals surface area (Å²) in [5.74, 6) is 0.833. The molecule has 2 rings (SSSR count). The SMILES string of the molecule is CC1(O)CC2CCC1(C)C2. The van der Waals surface area contributed by atoms with Gasteiger partial charge in [-0.05, 0) is 43.9 Å². The first kappa shape index (κ1) is 6.66. The lowest BCUT2D eigenvalue weighted by atomic mass is 9.74. The molecule has 0 saturated heterocycles. The van der Waals surface area contributed by atoms with Crippen molar-refractivity contribution >= 4 is 0 Å². The summed E-state index contributed by atoms with van der Waals surface area (Å²) in [5.41, 5.74) is -0.0897. The lowest BCUT2D eigenvalue weighted by Crippen LogP contribution is -2.39. The molecule has 0 aromatic heterocycles. The van der Waals surface area contributed by atoms with E-state index in [-0.39, 0.29) is 11.0 Å². The molecule has 0 aliphatic heterocycles. The van der Waals surface area contributed by atoms with E-state index in [0.717, 1.165) is 12.3 Å². The summed E-state index contributed by atoms with van der Waals surface area (Å²) < 4.78 is 0. The van der Waals surface area contributed by atoms with E-state index in [1.54, 1.807) is 0 Å². The molecule has 58 valence electrons. The predicted molar refractivity (Wildman–Crippen MR) is 40.7 cm³/mol. The Balaban J connectivity index is 2.31. The molecule has 0 radical (unpaired) electrons. The van der Waals surface area contributed by atoms with E-state index in [1.165, 1.54) is 19.3 Å². The third-order valence-corrected chi connectivity index (χ3v) is 3.83. The number of hydrogen-bond donors (Lipinski definition) is 1. The van der Waals surface area contributed by atoms with Crippen molar-refractivity contribution in [1.29, 1.82) is 0 Å². The second kappa shape index (κ2) is 1.58. The maximum absolute atomic E-state index is 9.94. The van der Waals surface area contributed by atoms with Crippen molar-refractivity contribution < 1.29 is 5.11 Å². The van der Waals surface area contributed by atoms with Crippen LogP contribution >= 0.6 is 0 Å². The maximum atomic E-state index is 9.94. The Hall–Kier alpha value is -0.0400. The summed E-state index contributed by atoms with van der Waals surface area (Å²) in [6.07, 6.45) is 4.90. The van der Waals surface area contributed by atoms with E-state index in [2.05, 4.69) is 6.92 Å². The fourth-order valence-corrected chi connectivity index (χ4v) is 2.84. The highest BCUT2D eigenvalue weighted by molar-refractivity contribution is 5.06. The number of fused-ring (bicyclic) bond motifs is 2. The summed E-state index contributed by atoms with van der Waals surface area (Å²) in [7, 11) is 0. The number of rotatable bonds is 0. The molecule has 1 nitrogen and oxygen atoms in total. The Morgan fingerprint density at radius 2 is 2.00 bits per heavy atom. The molecule has 2 fully saturated rings. The van der Waals surface area contributed by atoms with E-state index < -0.39 is 0 Å². The summed E-state index contributed by atoms with van der Waals surface area (Å²) >= 11 is 0. The summed E-state index contributed by atoms with van der Waals surface area (Å²) in [6, 6.07) is 0. The molecule has 0 amide bonds. The smallest absolute Gasteiger partial charge is 0.0675 e. The fourth-order valence-electron chi connectivity index (χ4n) is 2.84. The molecule has 3 atom stereocenters. The summed E-state index contributed by atoms with van der Waals surface area (Å²) in [6.45, 7) is 4.24. The van der Waals surface area contributed by atoms with E-state index in [9.17, 15) is 5.11 Å². The van der Waals surface area contributed by atoms with Crippen LogP contribution in [0.25, 0.3) is 0 Å². The fraction of sp³-hybridized carbons (Fsp3) is 1.00. The monoisotopic (exact) mass is 140 g/mol. The summed E-state index contributed by atoms with van der Waals surface area (Å²) in [5, 5.41) is 9.94. The van der Waals surface area contributed by atoms with Crippen LogP contribution in [0, 0.1) is 11.3 Å². The molecule has 1 heteroatoms. The van der Waals surface area contributed by atoms with Gasteiger partial charge in [0, 0.05) is 0 Å². The number of hydrogen-bond acceptors (Lipinski definition) is 1. The van der Waals surface area contributed by atoms with Crippen LogP contribution < -0.4 is 0 Å². The highest BCUT2D eigenvalue weighted by Gasteiger charge is 2.55. The van der Waals surface area contributed by atoms with Gasteiger partial charge in [0.2, 0.25) is 0 Å². The van der Waals surface area contributed by atoms with Crippen molar-refractivity contribution in [2.75, 3.05) is 0 Å². The molecular formula is C9H16O. The van der Waals surface area contributed by atoms with Gasteiger partial charge in [-0.2, -0.15) is 0 Å². The average molecular weight is 140 g/mol. The first-order valence-corrected chi connectivity index (χ1v) is 4.26. The highest BCUT2D eigenvalue weighted by atomic mass is 16.3. The van der Waals surface area contributed by atoms with Crippen molar-refractivity contribution in [3.63, 3.8) is 0 Å². The Bertz CT molecular complexity index is 160. The van der Waals surface area contributed by atoms with Gasteiger partial charge in [-0.25, -0.2) is 0 Å². The van der Waals surface area contributed by atoms with Gasteiger partial charge in [0.25, 0.3) is 0 Å². The second-order valence-electron chi connectivity index (χ2n) is 4.65. The van der Waals surface area contributed by atoms with E-state index in [4.69, 9.17) is 0 Å². The van der Waals surface area contributed by atoms with Crippen LogP contribution in [-0.4, -0.2) is 10.7 Å². The standard InChI is InChI=1S/C9H16O/c1-8-4-3-7(5-8)6-9(8,2)10/h7,10H,3-6H2,1-2H3. The Labute approximate surface area is 62.4 Å². The van der Waals surface area contributed by atoms with Gasteiger partial charge in [-0.3, -0.25) is 0 Å². The van der Waals surface area contributed by atoms with Crippen LogP contribution in [0.1, 0.15) is 39.5 Å². The first-order valence-electron chi connectivity index (χ1n) is 4.26. The van der Waals surface area contributed by atoms with Gasteiger partial charge >= 0.3 is 0 Å². The zero-order valence-corrected chi connectivity index (χ0v) is 6.85. The molecule has 2 saturated carbocycles. The molecule has 2 aliphatic carbocycles. The Morgan fingerprint density at radius 1 is 1.30 bits per heavy atom. The normalized spacial score (nSPS) is 59.7. The van der Waals surface area contributed by atoms with Gasteiger partial charge in [0.05, 0.1) is 5.60 Å². The third-order valence-electron chi connectivity index (χ3n) is 3.83. The van der Waals surface area contributed by atoms with E-state index >= 15 is 0 Å². The van der Waals surface area contributed by atoms with Crippen molar-refractivity contribution in [3.8, 4) is 0 Å². The molecular weight excluding hydrogens is 124 g/mol. The lowest BCUT2D eigenvalue weighted by molar-refractivity contribution is -0.0477. The van der Waals surface area contributed by atoms with E-state index in [0.29, 0.717) is 0 Å². The molecule has 1 N–H and O–H groups in total. The molecule has 0 heterocycles. The molecule has 0 spiro atoms. The maximum Gasteiger partial charge on any atom is 0.0675 e. The third kappa shape index (κ3) is 0.619. The van der Waals surface area contributed by atoms with Crippen LogP contribution in [0.4, 0.5) is 0 Å². The van der Waals surface area contributed by atoms with Crippen LogP contribution in [0.3, 0.4) is 0 Å². The van der Waals surface area contributed by atoms with Crippen LogP contribution in [0.2, 0.25) is 0 Å². The van der Waals surface area contributed by atoms with Gasteiger partial charge in [-0.15, -0.1) is 0 Å². The Kier molecular flexibility index (Phi) is 1.05. The lowest BCUT2D eigenvalue weighted by Gasteiger charge is -2.37. The number of aliphatic hydroxyl groups is 1. The zero-order chi connectivity index (χ0) is 7.41. The van der Waals surface area contributed by atoms with Crippen LogP contribution in [-0.2, 0) is 0 Å². The Morgan fingerprint density at radius 3 is 2.20 bits per heavy atom. The zero-order valence-electron chi connectivity index (χ0n) is 6.85. The summed E-state index contributed by atoms with van der Waals surface area (Å²) in [4.78, 5) is 0. The largest absolute Gasteiger partial charge is 0.390 e. The molecule has 3 unspecified atom stereocenters. The molecule has 0 aromatic carbocycles. The van der Waals surface area contributed by atoms with Crippen molar-refractivity contribution in [2.45, 2.75) is 45.1 Å². The van der Waals surface area contributed by atoms with Gasteiger partial charge in [0.15, 0.2) is 0 Å². The molecule has 0 aromatic rings. The van der Waals surface area contributed by atoms with Crippen LogP contribution in [0.5, 0.6) is 0 Å². The minimum Gasteiger partial charge on any atom is -0.390 e. The second-order valence-corrected chi connectivity index (χ2v) is 4.65. The van der Waals surface area contributed by atoms with Crippen molar-refractivity contribution in [1.82, 2.24) is 0 Å². The van der Waals surface area contributed by atoms with Gasteiger partial charge in [0.1, 0.15) is 0 Å². The molecule has 2 aliphatic rings. The minimum atomic E-state index is -0.351. The van der Waals surface area contributed by atoms with Crippen LogP contribution in [0.15, 0.2) is 0 Å². The molecule has 2 bridgehead atoms. The first-order chi connectivity index (χ1) is 4.54. The van der Waals surface area contributed by atoms with Gasteiger partial charge < -0.3 is 5.11 Å². The topological polar surface area (TPSA) is 20.2 Å². The van der Waals surface area contributed by atoms with Crippen molar-refractivity contribution in [2.24, 2.45) is 11.3 Å². The predicted octanol–water partition coefficient (Wildman–Crippen LogP) is 1.95. The minimum absolute atomic E-state index is 0.262. The average Bonchev–Trinajstić information content (AvgIpc) is 2.18. The quantitative estimate of drug-likeness (QED) is 0.545. The van der Waals surface area contributed by atoms with Gasteiger partial charge in [-0.1, -0.05) is 6.92 Å². The van der Waals surface area contributed by atoms with Crippen molar-refractivity contribution in [3.05, 3.63) is 0 Å². The highest BCUT2D eigenvalue weighted by Crippen LogP contribution is 2.59. The molecule has 10 heavy (non-hydrogen) atoms.